The first-order chi connectivity index (χ1) is 14.3. The molecule has 1 N–H and O–H groups in total. The highest BCUT2D eigenvalue weighted by Gasteiger charge is 2.50. The Morgan fingerprint density at radius 3 is 2.53 bits per heavy atom. The molecular formula is C24H28Cl2N2O2. The SMILES string of the molecule is C=CC[C@@]1(C)C[C@H](c2cncc(Cl)c2)[C@@H](c2ccc(Cl)cc2)N([C@@H](CC)CO)C1=O. The first-order valence-electron chi connectivity index (χ1n) is 10.2. The highest BCUT2D eigenvalue weighted by Crippen LogP contribution is 2.52. The summed E-state index contributed by atoms with van der Waals surface area (Å²) in [4.78, 5) is 20.0. The number of halogens is 2. The highest BCUT2D eigenvalue weighted by molar-refractivity contribution is 6.30. The fraction of sp³-hybridized carbons (Fsp3) is 0.417. The summed E-state index contributed by atoms with van der Waals surface area (Å²) in [6.45, 7) is 7.75. The van der Waals surface area contributed by atoms with Crippen molar-refractivity contribution in [3.8, 4) is 0 Å². The number of aliphatic hydroxyl groups is 1. The van der Waals surface area contributed by atoms with Crippen LogP contribution in [0.3, 0.4) is 0 Å². The van der Waals surface area contributed by atoms with Crippen LogP contribution in [-0.4, -0.2) is 33.5 Å². The van der Waals surface area contributed by atoms with Crippen LogP contribution >= 0.6 is 23.2 Å². The van der Waals surface area contributed by atoms with E-state index in [0.29, 0.717) is 29.3 Å². The third-order valence-electron chi connectivity index (χ3n) is 6.14. The van der Waals surface area contributed by atoms with Gasteiger partial charge in [0.25, 0.3) is 0 Å². The molecule has 30 heavy (non-hydrogen) atoms. The normalized spacial score (nSPS) is 25.2. The van der Waals surface area contributed by atoms with Crippen molar-refractivity contribution >= 4 is 29.1 Å². The molecule has 0 aliphatic carbocycles. The number of carbonyl (C=O) groups excluding carboxylic acids is 1. The second kappa shape index (κ2) is 9.51. The first kappa shape index (κ1) is 22.8. The Morgan fingerprint density at radius 1 is 1.27 bits per heavy atom. The lowest BCUT2D eigenvalue weighted by atomic mass is 9.67. The van der Waals surface area contributed by atoms with Gasteiger partial charge in [-0.1, -0.05) is 55.3 Å². The summed E-state index contributed by atoms with van der Waals surface area (Å²) < 4.78 is 0. The molecule has 4 atom stereocenters. The summed E-state index contributed by atoms with van der Waals surface area (Å²) in [5.41, 5.74) is 1.33. The standard InChI is InChI=1S/C24H28Cl2N2O2/c1-4-10-24(3)12-21(17-11-19(26)14-27-13-17)22(16-6-8-18(25)9-7-16)28(23(24)30)20(5-2)15-29/h4,6-9,11,13-14,20-22,29H,1,5,10,12,15H2,2-3H3/t20-,21+,22+,24-/m0/s1. The van der Waals surface area contributed by atoms with Crippen molar-refractivity contribution < 1.29 is 9.90 Å². The Bertz CT molecular complexity index is 898. The van der Waals surface area contributed by atoms with Crippen molar-refractivity contribution in [2.24, 2.45) is 5.41 Å². The largest absolute Gasteiger partial charge is 0.394 e. The van der Waals surface area contributed by atoms with Gasteiger partial charge in [0, 0.05) is 23.3 Å². The van der Waals surface area contributed by atoms with Gasteiger partial charge < -0.3 is 10.0 Å². The molecular weight excluding hydrogens is 419 g/mol. The Hall–Kier alpha value is -1.88. The molecule has 160 valence electrons. The zero-order chi connectivity index (χ0) is 21.9. The Labute approximate surface area is 188 Å². The van der Waals surface area contributed by atoms with E-state index in [2.05, 4.69) is 11.6 Å². The fourth-order valence-electron chi connectivity index (χ4n) is 4.60. The molecule has 1 aliphatic heterocycles. The minimum atomic E-state index is -0.625. The van der Waals surface area contributed by atoms with Gasteiger partial charge in [0.15, 0.2) is 0 Å². The third kappa shape index (κ3) is 4.41. The first-order valence-corrected chi connectivity index (χ1v) is 11.0. The number of carbonyl (C=O) groups is 1. The highest BCUT2D eigenvalue weighted by atomic mass is 35.5. The van der Waals surface area contributed by atoms with Crippen LogP contribution < -0.4 is 0 Å². The molecule has 0 saturated carbocycles. The fourth-order valence-corrected chi connectivity index (χ4v) is 4.90. The van der Waals surface area contributed by atoms with E-state index in [4.69, 9.17) is 23.2 Å². The van der Waals surface area contributed by atoms with Crippen LogP contribution in [0.15, 0.2) is 55.4 Å². The molecule has 0 radical (unpaired) electrons. The van der Waals surface area contributed by atoms with Crippen molar-refractivity contribution in [1.29, 1.82) is 0 Å². The Morgan fingerprint density at radius 2 is 1.97 bits per heavy atom. The van der Waals surface area contributed by atoms with Gasteiger partial charge in [-0.2, -0.15) is 0 Å². The van der Waals surface area contributed by atoms with Gasteiger partial charge in [0.05, 0.1) is 29.1 Å². The van der Waals surface area contributed by atoms with Crippen LogP contribution in [0.1, 0.15) is 56.2 Å². The van der Waals surface area contributed by atoms with Crippen LogP contribution in [-0.2, 0) is 4.79 Å². The average molecular weight is 447 g/mol. The molecule has 6 heteroatoms. The number of allylic oxidation sites excluding steroid dienone is 1. The number of piperidine rings is 1. The van der Waals surface area contributed by atoms with E-state index >= 15 is 0 Å². The van der Waals surface area contributed by atoms with Gasteiger partial charge in [0.2, 0.25) is 5.91 Å². The number of amides is 1. The summed E-state index contributed by atoms with van der Waals surface area (Å²) in [6.07, 6.45) is 7.07. The Kier molecular flexibility index (Phi) is 7.22. The van der Waals surface area contributed by atoms with Gasteiger partial charge >= 0.3 is 0 Å². The molecule has 1 aromatic heterocycles. The quantitative estimate of drug-likeness (QED) is 0.546. The number of benzene rings is 1. The summed E-state index contributed by atoms with van der Waals surface area (Å²) >= 11 is 12.4. The van der Waals surface area contributed by atoms with Gasteiger partial charge in [-0.15, -0.1) is 6.58 Å². The summed E-state index contributed by atoms with van der Waals surface area (Å²) in [6, 6.07) is 8.96. The van der Waals surface area contributed by atoms with E-state index in [1.165, 1.54) is 0 Å². The predicted molar refractivity (Wildman–Crippen MR) is 122 cm³/mol. The number of rotatable bonds is 7. The number of nitrogens with zero attached hydrogens (tertiary/aromatic N) is 2. The number of aromatic nitrogens is 1. The van der Waals surface area contributed by atoms with Crippen LogP contribution in [0.5, 0.6) is 0 Å². The number of pyridine rings is 1. The maximum atomic E-state index is 13.8. The maximum Gasteiger partial charge on any atom is 0.229 e. The minimum Gasteiger partial charge on any atom is -0.394 e. The smallest absolute Gasteiger partial charge is 0.229 e. The Balaban J connectivity index is 2.22. The third-order valence-corrected chi connectivity index (χ3v) is 6.60. The number of hydrogen-bond donors (Lipinski definition) is 1. The van der Waals surface area contributed by atoms with Crippen molar-refractivity contribution in [1.82, 2.24) is 9.88 Å². The van der Waals surface area contributed by atoms with Crippen LogP contribution in [0.25, 0.3) is 0 Å². The molecule has 1 fully saturated rings. The van der Waals surface area contributed by atoms with E-state index in [1.807, 2.05) is 55.3 Å². The number of likely N-dealkylation sites (tertiary alicyclic amines) is 1. The zero-order valence-corrected chi connectivity index (χ0v) is 18.9. The molecule has 4 nitrogen and oxygen atoms in total. The van der Waals surface area contributed by atoms with Crippen LogP contribution in [0, 0.1) is 5.41 Å². The van der Waals surface area contributed by atoms with Crippen LogP contribution in [0.2, 0.25) is 10.0 Å². The van der Waals surface area contributed by atoms with Gasteiger partial charge in [-0.05, 0) is 48.6 Å². The monoisotopic (exact) mass is 446 g/mol. The maximum absolute atomic E-state index is 13.8. The van der Waals surface area contributed by atoms with E-state index in [0.717, 1.165) is 11.1 Å². The molecule has 0 bridgehead atoms. The van der Waals surface area contributed by atoms with Crippen molar-refractivity contribution in [2.75, 3.05) is 6.61 Å². The van der Waals surface area contributed by atoms with Crippen molar-refractivity contribution in [3.63, 3.8) is 0 Å². The van der Waals surface area contributed by atoms with E-state index in [-0.39, 0.29) is 30.5 Å². The molecule has 3 rings (SSSR count). The lowest BCUT2D eigenvalue weighted by molar-refractivity contribution is -0.156. The van der Waals surface area contributed by atoms with E-state index in [9.17, 15) is 9.90 Å². The zero-order valence-electron chi connectivity index (χ0n) is 17.4. The second-order valence-electron chi connectivity index (χ2n) is 8.25. The molecule has 0 unspecified atom stereocenters. The summed E-state index contributed by atoms with van der Waals surface area (Å²) in [7, 11) is 0. The van der Waals surface area contributed by atoms with Crippen molar-refractivity contribution in [3.05, 3.63) is 76.6 Å². The van der Waals surface area contributed by atoms with Gasteiger partial charge in [-0.3, -0.25) is 9.78 Å². The van der Waals surface area contributed by atoms with Crippen LogP contribution in [0.4, 0.5) is 0 Å². The lowest BCUT2D eigenvalue weighted by Crippen LogP contribution is -2.56. The van der Waals surface area contributed by atoms with Gasteiger partial charge in [0.1, 0.15) is 0 Å². The van der Waals surface area contributed by atoms with E-state index < -0.39 is 5.41 Å². The molecule has 1 saturated heterocycles. The molecule has 1 aromatic carbocycles. The second-order valence-corrected chi connectivity index (χ2v) is 9.13. The predicted octanol–water partition coefficient (Wildman–Crippen LogP) is 5.80. The van der Waals surface area contributed by atoms with E-state index in [1.54, 1.807) is 12.3 Å². The molecule has 2 aromatic rings. The number of hydrogen-bond acceptors (Lipinski definition) is 3. The molecule has 1 amide bonds. The topological polar surface area (TPSA) is 53.4 Å². The van der Waals surface area contributed by atoms with Gasteiger partial charge in [-0.25, -0.2) is 0 Å². The summed E-state index contributed by atoms with van der Waals surface area (Å²) in [5, 5.41) is 11.3. The molecule has 2 heterocycles. The van der Waals surface area contributed by atoms with Crippen molar-refractivity contribution in [2.45, 2.75) is 51.1 Å². The lowest BCUT2D eigenvalue weighted by Gasteiger charge is -2.51. The summed E-state index contributed by atoms with van der Waals surface area (Å²) in [5.74, 6) is -0.00453. The number of aliphatic hydroxyl groups excluding tert-OH is 1. The molecule has 1 aliphatic rings. The minimum absolute atomic E-state index is 0.0366. The average Bonchev–Trinajstić information content (AvgIpc) is 2.73. The molecule has 0 spiro atoms.